The Morgan fingerprint density at radius 1 is 0.944 bits per heavy atom. The number of hydrogen-bond donors (Lipinski definition) is 3. The summed E-state index contributed by atoms with van der Waals surface area (Å²) in [6.07, 6.45) is 0. The van der Waals surface area contributed by atoms with Gasteiger partial charge in [-0.1, -0.05) is 65.8 Å². The highest BCUT2D eigenvalue weighted by Crippen LogP contribution is 2.18. The second-order valence-corrected chi connectivity index (χ2v) is 3.82. The molecule has 0 bridgehead atoms. The zero-order chi connectivity index (χ0) is 12.8. The van der Waals surface area contributed by atoms with E-state index in [2.05, 4.69) is 10.6 Å². The van der Waals surface area contributed by atoms with Crippen molar-refractivity contribution in [1.29, 1.82) is 0 Å². The van der Waals surface area contributed by atoms with Crippen molar-refractivity contribution in [3.8, 4) is 0 Å². The molecule has 0 spiro atoms. The van der Waals surface area contributed by atoms with Crippen molar-refractivity contribution >= 4 is 5.71 Å². The number of nitrogens with zero attached hydrogens (tertiary/aromatic N) is 1. The summed E-state index contributed by atoms with van der Waals surface area (Å²) < 4.78 is 0. The first-order valence-electron chi connectivity index (χ1n) is 5.58. The number of nitrogens with one attached hydrogen (secondary N) is 1. The van der Waals surface area contributed by atoms with Gasteiger partial charge in [-0.05, 0) is 5.56 Å². The zero-order valence-corrected chi connectivity index (χ0v) is 9.69. The molecule has 0 aromatic heterocycles. The van der Waals surface area contributed by atoms with Crippen molar-refractivity contribution in [1.82, 2.24) is 5.48 Å². The average molecular weight is 242 g/mol. The minimum absolute atomic E-state index is 0.365. The van der Waals surface area contributed by atoms with Crippen LogP contribution in [0.1, 0.15) is 17.2 Å². The van der Waals surface area contributed by atoms with Crippen LogP contribution >= 0.6 is 0 Å². The molecule has 0 radical (unpaired) electrons. The summed E-state index contributed by atoms with van der Waals surface area (Å²) in [6.45, 7) is 0. The Balaban J connectivity index is 2.38. The molecular formula is C14H14N2O2. The molecule has 2 aromatic carbocycles. The van der Waals surface area contributed by atoms with Gasteiger partial charge in [-0.25, -0.2) is 0 Å². The normalized spacial score (nSPS) is 13.3. The van der Waals surface area contributed by atoms with Crippen LogP contribution in [0.25, 0.3) is 0 Å². The first-order chi connectivity index (χ1) is 8.86. The molecule has 92 valence electrons. The third-order valence-corrected chi connectivity index (χ3v) is 2.71. The first-order valence-corrected chi connectivity index (χ1v) is 5.58. The predicted octanol–water partition coefficient (Wildman–Crippen LogP) is 2.59. The minimum Gasteiger partial charge on any atom is -0.411 e. The Hall–Kier alpha value is -2.17. The number of rotatable bonds is 4. The van der Waals surface area contributed by atoms with Crippen LogP contribution in [0.4, 0.5) is 0 Å². The van der Waals surface area contributed by atoms with E-state index in [1.807, 2.05) is 60.7 Å². The van der Waals surface area contributed by atoms with E-state index in [1.165, 1.54) is 0 Å². The van der Waals surface area contributed by atoms with Crippen LogP contribution < -0.4 is 5.48 Å². The topological polar surface area (TPSA) is 64.9 Å². The summed E-state index contributed by atoms with van der Waals surface area (Å²) in [6, 6.07) is 17.9. The monoisotopic (exact) mass is 242 g/mol. The van der Waals surface area contributed by atoms with Gasteiger partial charge in [0.15, 0.2) is 0 Å². The van der Waals surface area contributed by atoms with E-state index >= 15 is 0 Å². The third kappa shape index (κ3) is 2.56. The van der Waals surface area contributed by atoms with Crippen LogP contribution in [0.2, 0.25) is 0 Å². The van der Waals surface area contributed by atoms with E-state index in [-0.39, 0.29) is 0 Å². The lowest BCUT2D eigenvalue weighted by atomic mass is 9.97. The van der Waals surface area contributed by atoms with Crippen molar-refractivity contribution in [2.75, 3.05) is 0 Å². The molecule has 4 nitrogen and oxygen atoms in total. The fraction of sp³-hybridized carbons (Fsp3) is 0.0714. The SMILES string of the molecule is O/N=C(\c1ccccc1)C(NO)c1ccccc1. The lowest BCUT2D eigenvalue weighted by Crippen LogP contribution is -2.26. The molecule has 0 aliphatic rings. The highest BCUT2D eigenvalue weighted by atomic mass is 16.5. The fourth-order valence-electron chi connectivity index (χ4n) is 1.83. The van der Waals surface area contributed by atoms with Gasteiger partial charge in [-0.15, -0.1) is 0 Å². The summed E-state index contributed by atoms with van der Waals surface area (Å²) in [4.78, 5) is 0. The van der Waals surface area contributed by atoms with Gasteiger partial charge < -0.3 is 10.4 Å². The Bertz CT molecular complexity index is 512. The Morgan fingerprint density at radius 2 is 1.50 bits per heavy atom. The van der Waals surface area contributed by atoms with Crippen LogP contribution in [0.15, 0.2) is 65.8 Å². The summed E-state index contributed by atoms with van der Waals surface area (Å²) in [7, 11) is 0. The highest BCUT2D eigenvalue weighted by Gasteiger charge is 2.19. The molecule has 0 amide bonds. The number of hydrogen-bond acceptors (Lipinski definition) is 4. The Labute approximate surface area is 105 Å². The van der Waals surface area contributed by atoms with Gasteiger partial charge in [0.25, 0.3) is 0 Å². The van der Waals surface area contributed by atoms with E-state index in [1.54, 1.807) is 0 Å². The maximum Gasteiger partial charge on any atom is 0.110 e. The first kappa shape index (κ1) is 12.3. The van der Waals surface area contributed by atoms with Crippen LogP contribution in [0, 0.1) is 0 Å². The smallest absolute Gasteiger partial charge is 0.110 e. The van der Waals surface area contributed by atoms with Crippen LogP contribution in [-0.4, -0.2) is 16.1 Å². The number of benzene rings is 2. The molecule has 0 aliphatic heterocycles. The molecule has 0 heterocycles. The highest BCUT2D eigenvalue weighted by molar-refractivity contribution is 6.04. The average Bonchev–Trinajstić information content (AvgIpc) is 2.46. The molecule has 18 heavy (non-hydrogen) atoms. The largest absolute Gasteiger partial charge is 0.411 e. The fourth-order valence-corrected chi connectivity index (χ4v) is 1.83. The van der Waals surface area contributed by atoms with E-state index in [4.69, 9.17) is 0 Å². The van der Waals surface area contributed by atoms with Gasteiger partial charge in [-0.3, -0.25) is 0 Å². The van der Waals surface area contributed by atoms with Gasteiger partial charge in [0, 0.05) is 5.56 Å². The number of hydroxylamine groups is 1. The van der Waals surface area contributed by atoms with Crippen molar-refractivity contribution in [3.05, 3.63) is 71.8 Å². The lowest BCUT2D eigenvalue weighted by molar-refractivity contribution is 0.148. The standard InChI is InChI=1S/C14H14N2O2/c17-15-13(11-7-3-1-4-8-11)14(16-18)12-9-5-2-6-10-12/h1-10,13,15,17-18H/b16-14+. The molecule has 0 fully saturated rings. The van der Waals surface area contributed by atoms with Crippen LogP contribution in [-0.2, 0) is 0 Å². The van der Waals surface area contributed by atoms with Crippen molar-refractivity contribution in [2.45, 2.75) is 6.04 Å². The van der Waals surface area contributed by atoms with Gasteiger partial charge in [0.05, 0.1) is 0 Å². The zero-order valence-electron chi connectivity index (χ0n) is 9.69. The van der Waals surface area contributed by atoms with Gasteiger partial charge in [-0.2, -0.15) is 5.48 Å². The predicted molar refractivity (Wildman–Crippen MR) is 68.9 cm³/mol. The summed E-state index contributed by atoms with van der Waals surface area (Å²) in [5, 5.41) is 21.8. The van der Waals surface area contributed by atoms with E-state index in [9.17, 15) is 10.4 Å². The van der Waals surface area contributed by atoms with E-state index < -0.39 is 6.04 Å². The quantitative estimate of drug-likeness (QED) is 0.438. The van der Waals surface area contributed by atoms with E-state index in [0.717, 1.165) is 11.1 Å². The molecule has 1 atom stereocenters. The van der Waals surface area contributed by atoms with Gasteiger partial charge in [0.2, 0.25) is 0 Å². The molecular weight excluding hydrogens is 228 g/mol. The van der Waals surface area contributed by atoms with Crippen molar-refractivity contribution in [3.63, 3.8) is 0 Å². The molecule has 2 aromatic rings. The second kappa shape index (κ2) is 5.95. The maximum absolute atomic E-state index is 9.30. The summed E-state index contributed by atoms with van der Waals surface area (Å²) in [5.74, 6) is 0. The molecule has 4 heteroatoms. The van der Waals surface area contributed by atoms with Gasteiger partial charge in [0.1, 0.15) is 11.8 Å². The maximum atomic E-state index is 9.30. The van der Waals surface area contributed by atoms with Gasteiger partial charge >= 0.3 is 0 Å². The third-order valence-electron chi connectivity index (χ3n) is 2.71. The number of oxime groups is 1. The van der Waals surface area contributed by atoms with Crippen molar-refractivity contribution < 1.29 is 10.4 Å². The minimum atomic E-state index is -0.571. The summed E-state index contributed by atoms with van der Waals surface area (Å²) in [5.41, 5.74) is 4.10. The van der Waals surface area contributed by atoms with E-state index in [0.29, 0.717) is 5.71 Å². The molecule has 0 aliphatic carbocycles. The summed E-state index contributed by atoms with van der Waals surface area (Å²) >= 11 is 0. The molecule has 2 rings (SSSR count). The van der Waals surface area contributed by atoms with Crippen LogP contribution in [0.3, 0.4) is 0 Å². The Morgan fingerprint density at radius 3 is 2.00 bits per heavy atom. The molecule has 0 saturated heterocycles. The lowest BCUT2D eigenvalue weighted by Gasteiger charge is -2.17. The second-order valence-electron chi connectivity index (χ2n) is 3.82. The molecule has 1 unspecified atom stereocenters. The Kier molecular flexibility index (Phi) is 4.06. The van der Waals surface area contributed by atoms with Crippen LogP contribution in [0.5, 0.6) is 0 Å². The van der Waals surface area contributed by atoms with Crippen molar-refractivity contribution in [2.24, 2.45) is 5.16 Å². The molecule has 0 saturated carbocycles. The molecule has 3 N–H and O–H groups in total.